The number of nitrogens with one attached hydrogen (secondary N) is 1. The Morgan fingerprint density at radius 2 is 1.68 bits per heavy atom. The zero-order valence-electron chi connectivity index (χ0n) is 17.4. The van der Waals surface area contributed by atoms with Gasteiger partial charge in [0, 0.05) is 30.0 Å². The van der Waals surface area contributed by atoms with Crippen LogP contribution in [0.1, 0.15) is 41.1 Å². The van der Waals surface area contributed by atoms with Gasteiger partial charge in [0.25, 0.3) is 0 Å². The number of benzene rings is 2. The maximum atomic E-state index is 12.9. The van der Waals surface area contributed by atoms with Gasteiger partial charge < -0.3 is 10.1 Å². The second-order valence-electron chi connectivity index (χ2n) is 7.72. The number of ether oxygens (including phenoxy) is 1. The highest BCUT2D eigenvalue weighted by Gasteiger charge is 2.67. The summed E-state index contributed by atoms with van der Waals surface area (Å²) in [4.78, 5) is 25.3. The number of alkyl halides is 5. The molecule has 1 saturated carbocycles. The summed E-state index contributed by atoms with van der Waals surface area (Å²) in [5, 5.41) is 3.14. The largest absolute Gasteiger partial charge is 0.494 e. The Balaban J connectivity index is 1.73. The number of carbonyl (C=O) groups is 2. The summed E-state index contributed by atoms with van der Waals surface area (Å²) in [5.41, 5.74) is 0.762. The van der Waals surface area contributed by atoms with Crippen LogP contribution < -0.4 is 10.1 Å². The van der Waals surface area contributed by atoms with Crippen molar-refractivity contribution in [2.75, 3.05) is 12.4 Å². The van der Waals surface area contributed by atoms with Crippen molar-refractivity contribution in [3.8, 4) is 5.75 Å². The first-order chi connectivity index (χ1) is 15.8. The van der Waals surface area contributed by atoms with E-state index in [0.29, 0.717) is 5.56 Å². The molecule has 2 aromatic carbocycles. The van der Waals surface area contributed by atoms with Crippen molar-refractivity contribution in [2.24, 2.45) is 5.92 Å². The van der Waals surface area contributed by atoms with Gasteiger partial charge in [-0.05, 0) is 42.3 Å². The standard InChI is InChI=1S/C22H17Cl5F3NO3/c1-34-19-14(24)7-10(8-15(19)25)17-18(22(17,26)27)20(33)31-11-4-5-13(23)12(9-11)16(32)3-2-6-21(28,29)30/h4-5,7-9,17-18H,2-3,6H2,1H3,(H,31,33). The monoisotopic (exact) mass is 575 g/mol. The predicted molar refractivity (Wildman–Crippen MR) is 128 cm³/mol. The average Bonchev–Trinajstić information content (AvgIpc) is 3.30. The van der Waals surface area contributed by atoms with Gasteiger partial charge in [-0.2, -0.15) is 13.2 Å². The first-order valence-corrected chi connectivity index (χ1v) is 11.8. The van der Waals surface area contributed by atoms with Crippen molar-refractivity contribution in [3.05, 3.63) is 56.5 Å². The molecular weight excluding hydrogens is 561 g/mol. The molecule has 1 amide bonds. The highest BCUT2D eigenvalue weighted by molar-refractivity contribution is 6.53. The van der Waals surface area contributed by atoms with Crippen LogP contribution in [0.4, 0.5) is 18.9 Å². The number of anilines is 1. The van der Waals surface area contributed by atoms with Crippen LogP contribution >= 0.6 is 58.0 Å². The summed E-state index contributed by atoms with van der Waals surface area (Å²) in [5.74, 6) is -2.31. The molecule has 1 aliphatic rings. The molecule has 1 fully saturated rings. The van der Waals surface area contributed by atoms with Crippen molar-refractivity contribution >= 4 is 75.4 Å². The quantitative estimate of drug-likeness (QED) is 0.255. The fraction of sp³-hybridized carbons (Fsp3) is 0.364. The summed E-state index contributed by atoms with van der Waals surface area (Å²) in [6, 6.07) is 7.25. The van der Waals surface area contributed by atoms with E-state index in [1.54, 1.807) is 12.1 Å². The first-order valence-electron chi connectivity index (χ1n) is 9.87. The normalized spacial score (nSPS) is 19.0. The van der Waals surface area contributed by atoms with E-state index in [-0.39, 0.29) is 44.9 Å². The number of Topliss-reactive ketones (excluding diaryl/α,β-unsaturated/α-hetero) is 1. The molecule has 0 spiro atoms. The van der Waals surface area contributed by atoms with Gasteiger partial charge >= 0.3 is 6.18 Å². The fourth-order valence-corrected chi connectivity index (χ4v) is 5.35. The smallest absolute Gasteiger partial charge is 0.389 e. The third-order valence-electron chi connectivity index (χ3n) is 5.32. The highest BCUT2D eigenvalue weighted by atomic mass is 35.5. The lowest BCUT2D eigenvalue weighted by Gasteiger charge is -2.10. The summed E-state index contributed by atoms with van der Waals surface area (Å²) < 4.78 is 40.7. The fourth-order valence-electron chi connectivity index (χ4n) is 3.64. The summed E-state index contributed by atoms with van der Waals surface area (Å²) in [6.07, 6.45) is -6.14. The molecule has 1 N–H and O–H groups in total. The van der Waals surface area contributed by atoms with Gasteiger partial charge in [-0.15, -0.1) is 23.2 Å². The van der Waals surface area contributed by atoms with Gasteiger partial charge in [-0.25, -0.2) is 0 Å². The van der Waals surface area contributed by atoms with Crippen LogP contribution in [-0.2, 0) is 4.79 Å². The topological polar surface area (TPSA) is 55.4 Å². The molecule has 184 valence electrons. The van der Waals surface area contributed by atoms with Gasteiger partial charge in [0.2, 0.25) is 5.91 Å². The van der Waals surface area contributed by atoms with Crippen LogP contribution in [0.15, 0.2) is 30.3 Å². The Labute approximate surface area is 218 Å². The molecule has 0 bridgehead atoms. The second-order valence-corrected chi connectivity index (χ2v) is 10.4. The van der Waals surface area contributed by atoms with Gasteiger partial charge in [-0.1, -0.05) is 34.8 Å². The zero-order chi connectivity index (χ0) is 25.4. The highest BCUT2D eigenvalue weighted by Crippen LogP contribution is 2.65. The van der Waals surface area contributed by atoms with Crippen molar-refractivity contribution in [2.45, 2.75) is 35.7 Å². The van der Waals surface area contributed by atoms with Gasteiger partial charge in [-0.3, -0.25) is 9.59 Å². The summed E-state index contributed by atoms with van der Waals surface area (Å²) in [7, 11) is 1.41. The number of halogens is 8. The number of methoxy groups -OCH3 is 1. The van der Waals surface area contributed by atoms with Crippen molar-refractivity contribution in [1.29, 1.82) is 0 Å². The Morgan fingerprint density at radius 1 is 1.06 bits per heavy atom. The Hall–Kier alpha value is -1.38. The first kappa shape index (κ1) is 27.2. The lowest BCUT2D eigenvalue weighted by molar-refractivity contribution is -0.135. The minimum absolute atomic E-state index is 0.00529. The van der Waals surface area contributed by atoms with E-state index in [1.165, 1.54) is 25.3 Å². The molecule has 4 nitrogen and oxygen atoms in total. The van der Waals surface area contributed by atoms with E-state index in [4.69, 9.17) is 62.7 Å². The van der Waals surface area contributed by atoms with Gasteiger partial charge in [0.05, 0.1) is 28.1 Å². The molecule has 0 heterocycles. The minimum Gasteiger partial charge on any atom is -0.494 e. The second kappa shape index (κ2) is 10.3. The molecule has 2 atom stereocenters. The van der Waals surface area contributed by atoms with Crippen LogP contribution in [0.3, 0.4) is 0 Å². The van der Waals surface area contributed by atoms with Crippen molar-refractivity contribution < 1.29 is 27.5 Å². The van der Waals surface area contributed by atoms with E-state index in [0.717, 1.165) is 0 Å². The molecule has 2 unspecified atom stereocenters. The van der Waals surface area contributed by atoms with E-state index < -0.39 is 40.5 Å². The number of amides is 1. The minimum atomic E-state index is -4.35. The van der Waals surface area contributed by atoms with Crippen LogP contribution in [-0.4, -0.2) is 29.3 Å². The molecule has 3 rings (SSSR count). The summed E-state index contributed by atoms with van der Waals surface area (Å²) >= 11 is 31.1. The zero-order valence-corrected chi connectivity index (χ0v) is 21.2. The predicted octanol–water partition coefficient (Wildman–Crippen LogP) is 8.10. The van der Waals surface area contributed by atoms with E-state index in [2.05, 4.69) is 5.32 Å². The van der Waals surface area contributed by atoms with Crippen molar-refractivity contribution in [3.63, 3.8) is 0 Å². The van der Waals surface area contributed by atoms with Crippen LogP contribution in [0.25, 0.3) is 0 Å². The number of rotatable bonds is 8. The van der Waals surface area contributed by atoms with E-state index in [1.807, 2.05) is 0 Å². The molecule has 0 aliphatic heterocycles. The molecule has 0 radical (unpaired) electrons. The van der Waals surface area contributed by atoms with E-state index in [9.17, 15) is 22.8 Å². The molecule has 0 saturated heterocycles. The summed E-state index contributed by atoms with van der Waals surface area (Å²) in [6.45, 7) is 0. The number of ketones is 1. The average molecular weight is 578 g/mol. The number of carbonyl (C=O) groups excluding carboxylic acids is 2. The molecular formula is C22H17Cl5F3NO3. The molecule has 2 aromatic rings. The Bertz CT molecular complexity index is 1100. The van der Waals surface area contributed by atoms with Crippen LogP contribution in [0, 0.1) is 5.92 Å². The molecule has 0 aromatic heterocycles. The van der Waals surface area contributed by atoms with E-state index >= 15 is 0 Å². The van der Waals surface area contributed by atoms with Crippen LogP contribution in [0.5, 0.6) is 5.75 Å². The third kappa shape index (κ3) is 6.05. The van der Waals surface area contributed by atoms with Crippen molar-refractivity contribution in [1.82, 2.24) is 0 Å². The van der Waals surface area contributed by atoms with Gasteiger partial charge in [0.15, 0.2) is 11.5 Å². The molecule has 34 heavy (non-hydrogen) atoms. The van der Waals surface area contributed by atoms with Gasteiger partial charge in [0.1, 0.15) is 4.33 Å². The number of hydrogen-bond acceptors (Lipinski definition) is 3. The third-order valence-corrected chi connectivity index (χ3v) is 7.15. The number of hydrogen-bond donors (Lipinski definition) is 1. The van der Waals surface area contributed by atoms with Crippen LogP contribution in [0.2, 0.25) is 15.1 Å². The molecule has 1 aliphatic carbocycles. The maximum absolute atomic E-state index is 12.9. The lowest BCUT2D eigenvalue weighted by atomic mass is 10.0. The Kier molecular flexibility index (Phi) is 8.25. The SMILES string of the molecule is COc1c(Cl)cc(C2C(C(=O)Nc3ccc(Cl)c(C(=O)CCCC(F)(F)F)c3)C2(Cl)Cl)cc1Cl. The molecule has 12 heteroatoms. The maximum Gasteiger partial charge on any atom is 0.389 e. The lowest BCUT2D eigenvalue weighted by Crippen LogP contribution is -2.17. The Morgan fingerprint density at radius 3 is 2.24 bits per heavy atom.